The minimum absolute atomic E-state index is 0.0893. The van der Waals surface area contributed by atoms with Crippen molar-refractivity contribution < 1.29 is 9.59 Å². The number of nitrogens with zero attached hydrogens (tertiary/aromatic N) is 2. The van der Waals surface area contributed by atoms with E-state index >= 15 is 0 Å². The SMILES string of the molecule is Cc1cccc(NC(=O)[C@H](C)Sc2nnc(-c3ccccc3NC(=O)C(C)C)c(=O)[nH]2)c1C. The van der Waals surface area contributed by atoms with Crippen molar-refractivity contribution in [1.29, 1.82) is 0 Å². The molecule has 0 bridgehead atoms. The normalized spacial score (nSPS) is 11.8. The molecule has 2 aromatic carbocycles. The molecule has 0 aliphatic carbocycles. The summed E-state index contributed by atoms with van der Waals surface area (Å²) in [5.41, 5.74) is 3.43. The highest BCUT2D eigenvalue weighted by Crippen LogP contribution is 2.26. The van der Waals surface area contributed by atoms with E-state index in [1.54, 1.807) is 45.0 Å². The average molecular weight is 466 g/mol. The summed E-state index contributed by atoms with van der Waals surface area (Å²) in [6, 6.07) is 12.6. The number of carbonyl (C=O) groups excluding carboxylic acids is 2. The lowest BCUT2D eigenvalue weighted by Gasteiger charge is -2.14. The molecular formula is C24H27N5O3S. The predicted molar refractivity (Wildman–Crippen MR) is 131 cm³/mol. The summed E-state index contributed by atoms with van der Waals surface area (Å²) in [5, 5.41) is 13.6. The highest BCUT2D eigenvalue weighted by Gasteiger charge is 2.19. The van der Waals surface area contributed by atoms with Crippen LogP contribution in [0.4, 0.5) is 11.4 Å². The summed E-state index contributed by atoms with van der Waals surface area (Å²) in [6.07, 6.45) is 0. The van der Waals surface area contributed by atoms with Gasteiger partial charge in [0.2, 0.25) is 11.8 Å². The van der Waals surface area contributed by atoms with Crippen LogP contribution in [0.15, 0.2) is 52.4 Å². The number of para-hydroxylation sites is 1. The summed E-state index contributed by atoms with van der Waals surface area (Å²) in [7, 11) is 0. The number of amides is 2. The molecule has 0 radical (unpaired) electrons. The summed E-state index contributed by atoms with van der Waals surface area (Å²) in [4.78, 5) is 40.2. The molecule has 0 saturated heterocycles. The highest BCUT2D eigenvalue weighted by molar-refractivity contribution is 8.00. The molecule has 1 aromatic heterocycles. The molecule has 1 heterocycles. The van der Waals surface area contributed by atoms with Gasteiger partial charge in [-0.15, -0.1) is 10.2 Å². The molecule has 33 heavy (non-hydrogen) atoms. The first-order valence-corrected chi connectivity index (χ1v) is 11.5. The van der Waals surface area contributed by atoms with Gasteiger partial charge in [0, 0.05) is 17.2 Å². The molecule has 172 valence electrons. The van der Waals surface area contributed by atoms with Gasteiger partial charge in [-0.05, 0) is 44.0 Å². The van der Waals surface area contributed by atoms with Crippen molar-refractivity contribution >= 4 is 35.0 Å². The van der Waals surface area contributed by atoms with E-state index in [9.17, 15) is 14.4 Å². The zero-order valence-electron chi connectivity index (χ0n) is 19.2. The Morgan fingerprint density at radius 1 is 0.909 bits per heavy atom. The topological polar surface area (TPSA) is 117 Å². The highest BCUT2D eigenvalue weighted by atomic mass is 32.2. The van der Waals surface area contributed by atoms with Crippen LogP contribution in [0.1, 0.15) is 31.9 Å². The van der Waals surface area contributed by atoms with Gasteiger partial charge >= 0.3 is 0 Å². The smallest absolute Gasteiger partial charge is 0.278 e. The summed E-state index contributed by atoms with van der Waals surface area (Å²) < 4.78 is 0. The Morgan fingerprint density at radius 3 is 2.27 bits per heavy atom. The third kappa shape index (κ3) is 5.87. The van der Waals surface area contributed by atoms with Gasteiger partial charge in [0.05, 0.1) is 10.9 Å². The summed E-state index contributed by atoms with van der Waals surface area (Å²) >= 11 is 1.11. The molecule has 2 amide bonds. The number of nitrogens with one attached hydrogen (secondary N) is 3. The first-order valence-electron chi connectivity index (χ1n) is 10.6. The predicted octanol–water partition coefficient (Wildman–Crippen LogP) is 4.16. The van der Waals surface area contributed by atoms with E-state index in [-0.39, 0.29) is 28.6 Å². The number of rotatable bonds is 7. The number of aryl methyl sites for hydroxylation is 1. The number of anilines is 2. The molecule has 1 atom stereocenters. The minimum Gasteiger partial charge on any atom is -0.325 e. The zero-order chi connectivity index (χ0) is 24.1. The number of aromatic amines is 1. The van der Waals surface area contributed by atoms with Crippen molar-refractivity contribution in [2.24, 2.45) is 5.92 Å². The molecule has 0 unspecified atom stereocenters. The quantitative estimate of drug-likeness (QED) is 0.451. The van der Waals surface area contributed by atoms with E-state index < -0.39 is 10.8 Å². The molecule has 3 aromatic rings. The van der Waals surface area contributed by atoms with Crippen molar-refractivity contribution in [3.63, 3.8) is 0 Å². The van der Waals surface area contributed by atoms with Crippen molar-refractivity contribution in [3.05, 3.63) is 63.9 Å². The lowest BCUT2D eigenvalue weighted by molar-refractivity contribution is -0.119. The van der Waals surface area contributed by atoms with Gasteiger partial charge in [-0.3, -0.25) is 19.4 Å². The Labute approximate surface area is 196 Å². The zero-order valence-corrected chi connectivity index (χ0v) is 20.0. The molecular weight excluding hydrogens is 438 g/mol. The largest absolute Gasteiger partial charge is 0.325 e. The number of thioether (sulfide) groups is 1. The van der Waals surface area contributed by atoms with Gasteiger partial charge < -0.3 is 10.6 Å². The molecule has 0 aliphatic rings. The van der Waals surface area contributed by atoms with Crippen LogP contribution in [0.25, 0.3) is 11.3 Å². The van der Waals surface area contributed by atoms with Gasteiger partial charge in [0.1, 0.15) is 0 Å². The standard InChI is InChI=1S/C24H27N5O3S/c1-13(2)21(30)26-19-11-7-6-10-17(19)20-23(32)27-24(29-28-20)33-16(5)22(31)25-18-12-8-9-14(3)15(18)4/h6-13,16H,1-5H3,(H,25,31)(H,26,30)(H,27,29,32)/t16-/m0/s1. The Hall–Kier alpha value is -3.46. The number of carbonyl (C=O) groups is 2. The van der Waals surface area contributed by atoms with Crippen molar-refractivity contribution in [2.45, 2.75) is 45.0 Å². The molecule has 0 fully saturated rings. The fraction of sp³-hybridized carbons (Fsp3) is 0.292. The molecule has 0 spiro atoms. The average Bonchev–Trinajstić information content (AvgIpc) is 2.77. The third-order valence-corrected chi connectivity index (χ3v) is 6.14. The van der Waals surface area contributed by atoms with E-state index in [4.69, 9.17) is 0 Å². The maximum atomic E-state index is 12.8. The lowest BCUT2D eigenvalue weighted by Crippen LogP contribution is -2.24. The number of benzene rings is 2. The molecule has 0 saturated carbocycles. The van der Waals surface area contributed by atoms with Crippen molar-refractivity contribution in [2.75, 3.05) is 10.6 Å². The van der Waals surface area contributed by atoms with Crippen LogP contribution in [0.3, 0.4) is 0 Å². The van der Waals surface area contributed by atoms with Crippen molar-refractivity contribution in [3.8, 4) is 11.3 Å². The minimum atomic E-state index is -0.515. The Balaban J connectivity index is 1.76. The Kier molecular flexibility index (Phi) is 7.65. The first-order chi connectivity index (χ1) is 15.7. The van der Waals surface area contributed by atoms with Crippen LogP contribution in [-0.4, -0.2) is 32.2 Å². The summed E-state index contributed by atoms with van der Waals surface area (Å²) in [6.45, 7) is 9.24. The van der Waals surface area contributed by atoms with Crippen LogP contribution >= 0.6 is 11.8 Å². The second kappa shape index (κ2) is 10.4. The maximum absolute atomic E-state index is 12.8. The van der Waals surface area contributed by atoms with E-state index in [2.05, 4.69) is 25.8 Å². The summed E-state index contributed by atoms with van der Waals surface area (Å²) in [5.74, 6) is -0.581. The van der Waals surface area contributed by atoms with Crippen LogP contribution in [0.2, 0.25) is 0 Å². The van der Waals surface area contributed by atoms with Gasteiger partial charge in [-0.25, -0.2) is 0 Å². The Morgan fingerprint density at radius 2 is 1.58 bits per heavy atom. The Bertz CT molecular complexity index is 1240. The number of H-pyrrole nitrogens is 1. The number of aromatic nitrogens is 3. The number of hydrogen-bond acceptors (Lipinski definition) is 6. The second-order valence-electron chi connectivity index (χ2n) is 7.99. The van der Waals surface area contributed by atoms with Crippen LogP contribution in [-0.2, 0) is 9.59 Å². The molecule has 0 aliphatic heterocycles. The fourth-order valence-corrected chi connectivity index (χ4v) is 3.71. The molecule has 8 nitrogen and oxygen atoms in total. The third-order valence-electron chi connectivity index (χ3n) is 5.16. The van der Waals surface area contributed by atoms with Crippen LogP contribution in [0, 0.1) is 19.8 Å². The van der Waals surface area contributed by atoms with E-state index in [0.29, 0.717) is 11.3 Å². The first kappa shape index (κ1) is 24.2. The van der Waals surface area contributed by atoms with Gasteiger partial charge in [0.15, 0.2) is 10.9 Å². The van der Waals surface area contributed by atoms with Gasteiger partial charge in [-0.2, -0.15) is 0 Å². The number of hydrogen-bond donors (Lipinski definition) is 3. The van der Waals surface area contributed by atoms with Gasteiger partial charge in [0.25, 0.3) is 5.56 Å². The molecule has 3 N–H and O–H groups in total. The van der Waals surface area contributed by atoms with E-state index in [1.807, 2.05) is 32.0 Å². The fourth-order valence-electron chi connectivity index (χ4n) is 2.97. The van der Waals surface area contributed by atoms with E-state index in [0.717, 1.165) is 28.6 Å². The monoisotopic (exact) mass is 465 g/mol. The van der Waals surface area contributed by atoms with Crippen LogP contribution in [0.5, 0.6) is 0 Å². The molecule has 9 heteroatoms. The maximum Gasteiger partial charge on any atom is 0.278 e. The van der Waals surface area contributed by atoms with E-state index in [1.165, 1.54) is 0 Å². The molecule has 3 rings (SSSR count). The second-order valence-corrected chi connectivity index (χ2v) is 9.32. The van der Waals surface area contributed by atoms with Crippen molar-refractivity contribution in [1.82, 2.24) is 15.2 Å². The van der Waals surface area contributed by atoms with Crippen LogP contribution < -0.4 is 16.2 Å². The lowest BCUT2D eigenvalue weighted by atomic mass is 10.1. The van der Waals surface area contributed by atoms with Gasteiger partial charge in [-0.1, -0.05) is 55.9 Å².